The second-order valence-corrected chi connectivity index (χ2v) is 7.12. The third-order valence-corrected chi connectivity index (χ3v) is 5.19. The number of nitrogens with zero attached hydrogens (tertiary/aromatic N) is 3. The van der Waals surface area contributed by atoms with Gasteiger partial charge in [-0.15, -0.1) is 0 Å². The van der Waals surface area contributed by atoms with Gasteiger partial charge in [0, 0.05) is 57.6 Å². The van der Waals surface area contributed by atoms with Gasteiger partial charge >= 0.3 is 0 Å². The van der Waals surface area contributed by atoms with Crippen LogP contribution >= 0.6 is 0 Å². The molecule has 0 bridgehead atoms. The molecule has 0 aliphatic carbocycles. The summed E-state index contributed by atoms with van der Waals surface area (Å²) in [5.74, 6) is 1.76. The van der Waals surface area contributed by atoms with Gasteiger partial charge in [-0.05, 0) is 42.8 Å². The Kier molecular flexibility index (Phi) is 7.94. The highest BCUT2D eigenvalue weighted by atomic mass is 16.5. The van der Waals surface area contributed by atoms with E-state index in [9.17, 15) is 4.79 Å². The van der Waals surface area contributed by atoms with Crippen LogP contribution in [-0.4, -0.2) is 70.2 Å². The zero-order valence-electron chi connectivity index (χ0n) is 17.8. The number of amides is 1. The first-order chi connectivity index (χ1) is 14.7. The number of aliphatic imine (C=N–C) groups is 1. The predicted molar refractivity (Wildman–Crippen MR) is 122 cm³/mol. The number of anilines is 1. The lowest BCUT2D eigenvalue weighted by Gasteiger charge is -2.37. The fourth-order valence-electron chi connectivity index (χ4n) is 3.48. The van der Waals surface area contributed by atoms with Crippen LogP contribution in [0, 0.1) is 0 Å². The number of nitrogens with one attached hydrogen (secondary N) is 2. The van der Waals surface area contributed by atoms with E-state index in [-0.39, 0.29) is 5.91 Å². The zero-order chi connectivity index (χ0) is 21.2. The molecule has 2 N–H and O–H groups in total. The molecule has 7 nitrogen and oxygen atoms in total. The molecule has 3 rings (SSSR count). The number of guanidine groups is 1. The van der Waals surface area contributed by atoms with Gasteiger partial charge in [0.15, 0.2) is 5.96 Å². The number of rotatable bonds is 7. The fraction of sp³-hybridized carbons (Fsp3) is 0.391. The van der Waals surface area contributed by atoms with E-state index in [4.69, 9.17) is 4.74 Å². The van der Waals surface area contributed by atoms with Crippen molar-refractivity contribution < 1.29 is 9.53 Å². The molecule has 1 aliphatic rings. The standard InChI is InChI=1S/C23H31N5O2/c1-24-23(26-14-6-13-25-22(29)19-7-4-3-5-8-19)28-17-15-27(16-18-28)20-9-11-21(30-2)12-10-20/h3-5,7-12H,6,13-18H2,1-2H3,(H,24,26)(H,25,29). The highest BCUT2D eigenvalue weighted by Crippen LogP contribution is 2.20. The molecule has 2 aromatic rings. The van der Waals surface area contributed by atoms with Gasteiger partial charge < -0.3 is 25.2 Å². The third-order valence-electron chi connectivity index (χ3n) is 5.19. The first-order valence-corrected chi connectivity index (χ1v) is 10.4. The average Bonchev–Trinajstić information content (AvgIpc) is 2.82. The molecule has 0 atom stereocenters. The Morgan fingerprint density at radius 1 is 0.967 bits per heavy atom. The normalized spacial score (nSPS) is 14.4. The number of hydrogen-bond acceptors (Lipinski definition) is 4. The summed E-state index contributed by atoms with van der Waals surface area (Å²) < 4.78 is 5.24. The molecule has 0 saturated carbocycles. The quantitative estimate of drug-likeness (QED) is 0.417. The van der Waals surface area contributed by atoms with Crippen molar-refractivity contribution in [2.24, 2.45) is 4.99 Å². The highest BCUT2D eigenvalue weighted by molar-refractivity contribution is 5.94. The van der Waals surface area contributed by atoms with Crippen molar-refractivity contribution in [3.63, 3.8) is 0 Å². The maximum atomic E-state index is 12.1. The van der Waals surface area contributed by atoms with Crippen LogP contribution in [0.15, 0.2) is 59.6 Å². The molecule has 1 amide bonds. The topological polar surface area (TPSA) is 69.2 Å². The van der Waals surface area contributed by atoms with Gasteiger partial charge in [0.2, 0.25) is 0 Å². The molecule has 7 heteroatoms. The first kappa shape index (κ1) is 21.5. The predicted octanol–water partition coefficient (Wildman–Crippen LogP) is 2.21. The molecule has 0 aromatic heterocycles. The molecule has 30 heavy (non-hydrogen) atoms. The lowest BCUT2D eigenvalue weighted by molar-refractivity contribution is 0.0953. The van der Waals surface area contributed by atoms with Crippen molar-refractivity contribution in [1.29, 1.82) is 0 Å². The summed E-state index contributed by atoms with van der Waals surface area (Å²) in [5.41, 5.74) is 1.91. The number of hydrogen-bond donors (Lipinski definition) is 2. The SMILES string of the molecule is CN=C(NCCCNC(=O)c1ccccc1)N1CCN(c2ccc(OC)cc2)CC1. The van der Waals surface area contributed by atoms with Gasteiger partial charge in [-0.3, -0.25) is 9.79 Å². The summed E-state index contributed by atoms with van der Waals surface area (Å²) in [6.07, 6.45) is 0.837. The van der Waals surface area contributed by atoms with Crippen LogP contribution in [0.3, 0.4) is 0 Å². The minimum Gasteiger partial charge on any atom is -0.497 e. The minimum absolute atomic E-state index is 0.0327. The Labute approximate surface area is 178 Å². The van der Waals surface area contributed by atoms with Crippen molar-refractivity contribution in [3.8, 4) is 5.75 Å². The van der Waals surface area contributed by atoms with Crippen LogP contribution < -0.4 is 20.3 Å². The molecular weight excluding hydrogens is 378 g/mol. The molecule has 2 aromatic carbocycles. The van der Waals surface area contributed by atoms with Crippen LogP contribution in [0.25, 0.3) is 0 Å². The molecular formula is C23H31N5O2. The van der Waals surface area contributed by atoms with E-state index < -0.39 is 0 Å². The third kappa shape index (κ3) is 5.89. The summed E-state index contributed by atoms with van der Waals surface area (Å²) in [6.45, 7) is 5.11. The largest absolute Gasteiger partial charge is 0.497 e. The van der Waals surface area contributed by atoms with Gasteiger partial charge in [-0.25, -0.2) is 0 Å². The number of benzene rings is 2. The second-order valence-electron chi connectivity index (χ2n) is 7.12. The molecule has 0 radical (unpaired) electrons. The van der Waals surface area contributed by atoms with E-state index in [1.54, 1.807) is 7.11 Å². The Bertz CT molecular complexity index is 815. The van der Waals surface area contributed by atoms with Gasteiger partial charge in [0.05, 0.1) is 7.11 Å². The smallest absolute Gasteiger partial charge is 0.251 e. The maximum Gasteiger partial charge on any atom is 0.251 e. The van der Waals surface area contributed by atoms with Gasteiger partial charge in [0.25, 0.3) is 5.91 Å². The number of methoxy groups -OCH3 is 1. The minimum atomic E-state index is -0.0327. The zero-order valence-corrected chi connectivity index (χ0v) is 17.8. The van der Waals surface area contributed by atoms with Crippen molar-refractivity contribution in [2.75, 3.05) is 58.3 Å². The van der Waals surface area contributed by atoms with E-state index in [1.165, 1.54) is 5.69 Å². The number of piperazine rings is 1. The summed E-state index contributed by atoms with van der Waals surface area (Å²) in [4.78, 5) is 21.1. The van der Waals surface area contributed by atoms with Crippen molar-refractivity contribution in [1.82, 2.24) is 15.5 Å². The first-order valence-electron chi connectivity index (χ1n) is 10.4. The van der Waals surface area contributed by atoms with Gasteiger partial charge in [-0.1, -0.05) is 18.2 Å². The van der Waals surface area contributed by atoms with E-state index >= 15 is 0 Å². The van der Waals surface area contributed by atoms with E-state index in [1.807, 2.05) is 49.5 Å². The Balaban J connectivity index is 1.37. The number of carbonyl (C=O) groups is 1. The molecule has 0 unspecified atom stereocenters. The lowest BCUT2D eigenvalue weighted by Crippen LogP contribution is -2.52. The molecule has 1 heterocycles. The van der Waals surface area contributed by atoms with Crippen LogP contribution in [-0.2, 0) is 0 Å². The fourth-order valence-corrected chi connectivity index (χ4v) is 3.48. The molecule has 1 aliphatic heterocycles. The molecule has 0 spiro atoms. The van der Waals surface area contributed by atoms with Crippen LogP contribution in [0.5, 0.6) is 5.75 Å². The Morgan fingerprint density at radius 3 is 2.27 bits per heavy atom. The highest BCUT2D eigenvalue weighted by Gasteiger charge is 2.19. The Morgan fingerprint density at radius 2 is 1.63 bits per heavy atom. The van der Waals surface area contributed by atoms with Gasteiger partial charge in [-0.2, -0.15) is 0 Å². The lowest BCUT2D eigenvalue weighted by atomic mass is 10.2. The Hall–Kier alpha value is -3.22. The number of ether oxygens (including phenoxy) is 1. The van der Waals surface area contributed by atoms with E-state index in [0.717, 1.165) is 50.9 Å². The van der Waals surface area contributed by atoms with Crippen LogP contribution in [0.2, 0.25) is 0 Å². The average molecular weight is 410 g/mol. The molecule has 160 valence electrons. The molecule has 1 saturated heterocycles. The monoisotopic (exact) mass is 409 g/mol. The van der Waals surface area contributed by atoms with Crippen LogP contribution in [0.1, 0.15) is 16.8 Å². The summed E-state index contributed by atoms with van der Waals surface area (Å²) in [5, 5.41) is 6.37. The summed E-state index contributed by atoms with van der Waals surface area (Å²) in [6, 6.07) is 17.5. The summed E-state index contributed by atoms with van der Waals surface area (Å²) in [7, 11) is 3.50. The molecule has 1 fully saturated rings. The van der Waals surface area contributed by atoms with Crippen molar-refractivity contribution >= 4 is 17.6 Å². The van der Waals surface area contributed by atoms with Crippen molar-refractivity contribution in [2.45, 2.75) is 6.42 Å². The maximum absolute atomic E-state index is 12.1. The second kappa shape index (κ2) is 11.1. The van der Waals surface area contributed by atoms with E-state index in [0.29, 0.717) is 12.1 Å². The van der Waals surface area contributed by atoms with E-state index in [2.05, 4.69) is 37.6 Å². The number of carbonyl (C=O) groups excluding carboxylic acids is 1. The summed E-state index contributed by atoms with van der Waals surface area (Å²) >= 11 is 0. The van der Waals surface area contributed by atoms with Crippen LogP contribution in [0.4, 0.5) is 5.69 Å². The van der Waals surface area contributed by atoms with Crippen molar-refractivity contribution in [3.05, 3.63) is 60.2 Å². The van der Waals surface area contributed by atoms with Gasteiger partial charge in [0.1, 0.15) is 5.75 Å².